The molecule has 1 heterocycles. The highest BCUT2D eigenvalue weighted by Crippen LogP contribution is 2.19. The maximum atomic E-state index is 5.51. The number of hydrogen-bond donors (Lipinski definition) is 1. The molecule has 0 unspecified atom stereocenters. The number of rotatable bonds is 3. The molecule has 2 aromatic rings. The van der Waals surface area contributed by atoms with Crippen molar-refractivity contribution in [1.82, 2.24) is 9.97 Å². The quantitative estimate of drug-likeness (QED) is 0.889. The van der Waals surface area contributed by atoms with E-state index >= 15 is 0 Å². The highest BCUT2D eigenvalue weighted by Gasteiger charge is 1.96. The van der Waals surface area contributed by atoms with Crippen molar-refractivity contribution in [3.8, 4) is 11.5 Å². The normalized spacial score (nSPS) is 9.31. The summed E-state index contributed by atoms with van der Waals surface area (Å²) < 4.78 is 5.51. The molecule has 0 amide bonds. The molecule has 0 bridgehead atoms. The van der Waals surface area contributed by atoms with E-state index in [9.17, 15) is 0 Å². The zero-order chi connectivity index (χ0) is 10.5. The second-order valence-electron chi connectivity index (χ2n) is 3.02. The predicted molar refractivity (Wildman–Crippen MR) is 63.7 cm³/mol. The first-order chi connectivity index (χ1) is 7.38. The molecule has 0 aliphatic carbocycles. The van der Waals surface area contributed by atoms with Gasteiger partial charge in [0.25, 0.3) is 0 Å². The van der Waals surface area contributed by atoms with Crippen LogP contribution in [0.25, 0.3) is 0 Å². The van der Waals surface area contributed by atoms with Crippen molar-refractivity contribution in [2.45, 2.75) is 6.54 Å². The summed E-state index contributed by atoms with van der Waals surface area (Å²) in [5, 5.41) is 0. The maximum absolute atomic E-state index is 5.51. The third-order valence-electron chi connectivity index (χ3n) is 1.93. The highest BCUT2D eigenvalue weighted by atomic mass is 35.5. The molecule has 2 rings (SSSR count). The van der Waals surface area contributed by atoms with Crippen LogP contribution in [0.5, 0.6) is 11.5 Å². The van der Waals surface area contributed by atoms with Crippen LogP contribution in [0.3, 0.4) is 0 Å². The monoisotopic (exact) mass is 237 g/mol. The molecule has 0 saturated heterocycles. The van der Waals surface area contributed by atoms with E-state index < -0.39 is 0 Å². The lowest BCUT2D eigenvalue weighted by atomic mass is 10.2. The lowest BCUT2D eigenvalue weighted by molar-refractivity contribution is 0.477. The standard InChI is InChI=1S/C11H11N3O.ClH/c12-5-9-1-3-10(4-2-9)15-11-6-13-8-14-7-11;/h1-4,6-8H,5,12H2;1H. The van der Waals surface area contributed by atoms with Gasteiger partial charge in [-0.05, 0) is 17.7 Å². The second kappa shape index (κ2) is 6.05. The van der Waals surface area contributed by atoms with E-state index in [4.69, 9.17) is 10.5 Å². The third kappa shape index (κ3) is 3.18. The van der Waals surface area contributed by atoms with Gasteiger partial charge in [0.1, 0.15) is 12.1 Å². The summed E-state index contributed by atoms with van der Waals surface area (Å²) in [5.41, 5.74) is 6.57. The first kappa shape index (κ1) is 12.4. The minimum Gasteiger partial charge on any atom is -0.454 e. The number of nitrogens with zero attached hydrogens (tertiary/aromatic N) is 2. The molecule has 0 atom stereocenters. The Morgan fingerprint density at radius 2 is 1.62 bits per heavy atom. The SMILES string of the molecule is Cl.NCc1ccc(Oc2cncnc2)cc1. The lowest BCUT2D eigenvalue weighted by Gasteiger charge is -2.04. The zero-order valence-electron chi connectivity index (χ0n) is 8.54. The van der Waals surface area contributed by atoms with Crippen LogP contribution in [0.2, 0.25) is 0 Å². The van der Waals surface area contributed by atoms with Gasteiger partial charge in [0.2, 0.25) is 0 Å². The first-order valence-electron chi connectivity index (χ1n) is 4.60. The van der Waals surface area contributed by atoms with Gasteiger partial charge in [-0.15, -0.1) is 12.4 Å². The van der Waals surface area contributed by atoms with Crippen LogP contribution in [-0.4, -0.2) is 9.97 Å². The van der Waals surface area contributed by atoms with Crippen LogP contribution in [0.15, 0.2) is 43.0 Å². The van der Waals surface area contributed by atoms with Crippen LogP contribution < -0.4 is 10.5 Å². The Labute approximate surface area is 99.9 Å². The van der Waals surface area contributed by atoms with Crippen LogP contribution in [-0.2, 0) is 6.54 Å². The minimum absolute atomic E-state index is 0. The van der Waals surface area contributed by atoms with E-state index in [0.29, 0.717) is 12.3 Å². The van der Waals surface area contributed by atoms with Gasteiger partial charge in [-0.25, -0.2) is 9.97 Å². The molecule has 0 radical (unpaired) electrons. The topological polar surface area (TPSA) is 61.0 Å². The van der Waals surface area contributed by atoms with Gasteiger partial charge in [-0.2, -0.15) is 0 Å². The van der Waals surface area contributed by atoms with Gasteiger partial charge < -0.3 is 10.5 Å². The van der Waals surface area contributed by atoms with Crippen LogP contribution in [0.1, 0.15) is 5.56 Å². The Morgan fingerprint density at radius 3 is 2.19 bits per heavy atom. The van der Waals surface area contributed by atoms with Gasteiger partial charge in [0, 0.05) is 6.54 Å². The average molecular weight is 238 g/mol. The molecule has 0 spiro atoms. The van der Waals surface area contributed by atoms with E-state index in [1.165, 1.54) is 6.33 Å². The first-order valence-corrected chi connectivity index (χ1v) is 4.60. The van der Waals surface area contributed by atoms with Crippen molar-refractivity contribution in [2.24, 2.45) is 5.73 Å². The molecule has 0 fully saturated rings. The van der Waals surface area contributed by atoms with Crippen molar-refractivity contribution in [3.05, 3.63) is 48.5 Å². The molecule has 0 saturated carbocycles. The fraction of sp³-hybridized carbons (Fsp3) is 0.0909. The van der Waals surface area contributed by atoms with Gasteiger partial charge in [0.15, 0.2) is 5.75 Å². The summed E-state index contributed by atoms with van der Waals surface area (Å²) in [6.45, 7) is 0.536. The summed E-state index contributed by atoms with van der Waals surface area (Å²) >= 11 is 0. The molecule has 1 aromatic heterocycles. The molecule has 0 aliphatic heterocycles. The lowest BCUT2D eigenvalue weighted by Crippen LogP contribution is -1.95. The van der Waals surface area contributed by atoms with Gasteiger partial charge in [0.05, 0.1) is 12.4 Å². The second-order valence-corrected chi connectivity index (χ2v) is 3.02. The molecular formula is C11H12ClN3O. The highest BCUT2D eigenvalue weighted by molar-refractivity contribution is 5.85. The summed E-state index contributed by atoms with van der Waals surface area (Å²) in [7, 11) is 0. The summed E-state index contributed by atoms with van der Waals surface area (Å²) in [6.07, 6.45) is 4.69. The number of nitrogens with two attached hydrogens (primary N) is 1. The van der Waals surface area contributed by atoms with Gasteiger partial charge in [-0.1, -0.05) is 12.1 Å². The molecule has 1 aromatic carbocycles. The number of halogens is 1. The minimum atomic E-state index is 0. The fourth-order valence-electron chi connectivity index (χ4n) is 1.17. The number of hydrogen-bond acceptors (Lipinski definition) is 4. The summed E-state index contributed by atoms with van der Waals surface area (Å²) in [5.74, 6) is 1.37. The Hall–Kier alpha value is -1.65. The molecule has 16 heavy (non-hydrogen) atoms. The number of benzene rings is 1. The Bertz CT molecular complexity index is 419. The summed E-state index contributed by atoms with van der Waals surface area (Å²) in [4.78, 5) is 7.72. The van der Waals surface area contributed by atoms with E-state index in [2.05, 4.69) is 9.97 Å². The largest absolute Gasteiger partial charge is 0.454 e. The number of aromatic nitrogens is 2. The smallest absolute Gasteiger partial charge is 0.163 e. The molecule has 5 heteroatoms. The molecule has 2 N–H and O–H groups in total. The third-order valence-corrected chi connectivity index (χ3v) is 1.93. The zero-order valence-corrected chi connectivity index (χ0v) is 9.35. The van der Waals surface area contributed by atoms with Crippen molar-refractivity contribution in [2.75, 3.05) is 0 Å². The predicted octanol–water partition coefficient (Wildman–Crippen LogP) is 2.15. The van der Waals surface area contributed by atoms with Crippen molar-refractivity contribution in [3.63, 3.8) is 0 Å². The van der Waals surface area contributed by atoms with Crippen LogP contribution >= 0.6 is 12.4 Å². The van der Waals surface area contributed by atoms with E-state index in [1.807, 2.05) is 24.3 Å². The molecule has 4 nitrogen and oxygen atoms in total. The van der Waals surface area contributed by atoms with Crippen molar-refractivity contribution < 1.29 is 4.74 Å². The van der Waals surface area contributed by atoms with E-state index in [1.54, 1.807) is 12.4 Å². The van der Waals surface area contributed by atoms with E-state index in [0.717, 1.165) is 11.3 Å². The Balaban J connectivity index is 0.00000128. The molecule has 84 valence electrons. The number of ether oxygens (including phenoxy) is 1. The van der Waals surface area contributed by atoms with E-state index in [-0.39, 0.29) is 12.4 Å². The van der Waals surface area contributed by atoms with Crippen LogP contribution in [0.4, 0.5) is 0 Å². The van der Waals surface area contributed by atoms with Gasteiger partial charge in [-0.3, -0.25) is 0 Å². The van der Waals surface area contributed by atoms with Crippen molar-refractivity contribution >= 4 is 12.4 Å². The molecular weight excluding hydrogens is 226 g/mol. The van der Waals surface area contributed by atoms with Gasteiger partial charge >= 0.3 is 0 Å². The van der Waals surface area contributed by atoms with Crippen molar-refractivity contribution in [1.29, 1.82) is 0 Å². The maximum Gasteiger partial charge on any atom is 0.163 e. The van der Waals surface area contributed by atoms with Crippen LogP contribution in [0, 0.1) is 0 Å². The molecule has 0 aliphatic rings. The summed E-state index contributed by atoms with van der Waals surface area (Å²) in [6, 6.07) is 7.60. The fourth-order valence-corrected chi connectivity index (χ4v) is 1.17. The Kier molecular flexibility index (Phi) is 4.69. The Morgan fingerprint density at radius 1 is 1.00 bits per heavy atom. The average Bonchev–Trinajstić information content (AvgIpc) is 2.31.